The molecule has 9 nitrogen and oxygen atoms in total. The SMILES string of the molecule is O=C(O)CCC(=O)n1cc2c(-c3ccc4c(c3)OCO4)c3c4c(ccc3cc2c1O)OCO4. The van der Waals surface area contributed by atoms with Gasteiger partial charge in [-0.05, 0) is 35.2 Å². The Morgan fingerprint density at radius 1 is 0.879 bits per heavy atom. The summed E-state index contributed by atoms with van der Waals surface area (Å²) in [6, 6.07) is 11.0. The van der Waals surface area contributed by atoms with Gasteiger partial charge < -0.3 is 29.2 Å². The number of carbonyl (C=O) groups excluding carboxylic acids is 1. The molecule has 2 aliphatic heterocycles. The number of hydrogen-bond acceptors (Lipinski definition) is 7. The molecule has 0 atom stereocenters. The average molecular weight is 447 g/mol. The highest BCUT2D eigenvalue weighted by atomic mass is 16.7. The van der Waals surface area contributed by atoms with Gasteiger partial charge in [-0.2, -0.15) is 0 Å². The summed E-state index contributed by atoms with van der Waals surface area (Å²) in [5.74, 6) is 0.544. The minimum Gasteiger partial charge on any atom is -0.494 e. The molecular formula is C24H17NO8. The van der Waals surface area contributed by atoms with Crippen molar-refractivity contribution in [2.45, 2.75) is 12.8 Å². The number of carboxylic acids is 1. The Kier molecular flexibility index (Phi) is 4.13. The molecule has 0 unspecified atom stereocenters. The van der Waals surface area contributed by atoms with Gasteiger partial charge in [0.1, 0.15) is 0 Å². The molecule has 3 aromatic carbocycles. The van der Waals surface area contributed by atoms with Crippen LogP contribution < -0.4 is 18.9 Å². The zero-order valence-corrected chi connectivity index (χ0v) is 17.2. The second-order valence-corrected chi connectivity index (χ2v) is 7.79. The Hall–Kier alpha value is -4.40. The Bertz CT molecular complexity index is 1490. The van der Waals surface area contributed by atoms with E-state index in [9.17, 15) is 14.7 Å². The van der Waals surface area contributed by atoms with Crippen LogP contribution in [0.2, 0.25) is 0 Å². The Labute approximate surface area is 186 Å². The van der Waals surface area contributed by atoms with Crippen LogP contribution in [0.3, 0.4) is 0 Å². The van der Waals surface area contributed by atoms with Crippen molar-refractivity contribution in [1.82, 2.24) is 4.57 Å². The summed E-state index contributed by atoms with van der Waals surface area (Å²) in [6.45, 7) is 0.221. The molecule has 166 valence electrons. The number of aromatic hydroxyl groups is 1. The van der Waals surface area contributed by atoms with E-state index < -0.39 is 11.9 Å². The first-order valence-corrected chi connectivity index (χ1v) is 10.3. The van der Waals surface area contributed by atoms with Gasteiger partial charge in [0.05, 0.1) is 6.42 Å². The first-order chi connectivity index (χ1) is 16.0. The van der Waals surface area contributed by atoms with Crippen molar-refractivity contribution in [3.05, 3.63) is 42.6 Å². The smallest absolute Gasteiger partial charge is 0.303 e. The van der Waals surface area contributed by atoms with E-state index in [0.717, 1.165) is 26.5 Å². The van der Waals surface area contributed by atoms with Crippen molar-refractivity contribution in [2.24, 2.45) is 0 Å². The van der Waals surface area contributed by atoms with E-state index in [1.165, 1.54) is 6.20 Å². The van der Waals surface area contributed by atoms with Crippen LogP contribution in [0.5, 0.6) is 28.9 Å². The van der Waals surface area contributed by atoms with Gasteiger partial charge in [-0.3, -0.25) is 14.2 Å². The molecule has 0 spiro atoms. The summed E-state index contributed by atoms with van der Waals surface area (Å²) in [6.07, 6.45) is 0.959. The quantitative estimate of drug-likeness (QED) is 0.480. The third-order valence-electron chi connectivity index (χ3n) is 5.89. The predicted octanol–water partition coefficient (Wildman–Crippen LogP) is 4.13. The fourth-order valence-corrected chi connectivity index (χ4v) is 4.38. The van der Waals surface area contributed by atoms with Crippen LogP contribution in [0.25, 0.3) is 32.7 Å². The number of benzene rings is 3. The summed E-state index contributed by atoms with van der Waals surface area (Å²) in [4.78, 5) is 23.6. The van der Waals surface area contributed by atoms with Gasteiger partial charge in [0, 0.05) is 34.3 Å². The fraction of sp³-hybridized carbons (Fsp3) is 0.167. The largest absolute Gasteiger partial charge is 0.494 e. The molecule has 1 aromatic heterocycles. The van der Waals surface area contributed by atoms with Crippen molar-refractivity contribution in [3.63, 3.8) is 0 Å². The number of fused-ring (bicyclic) bond motifs is 5. The summed E-state index contributed by atoms with van der Waals surface area (Å²) in [5, 5.41) is 22.4. The molecule has 2 aliphatic rings. The molecule has 0 saturated heterocycles. The first-order valence-electron chi connectivity index (χ1n) is 10.3. The molecule has 0 radical (unpaired) electrons. The highest BCUT2D eigenvalue weighted by molar-refractivity contribution is 6.17. The molecule has 0 bridgehead atoms. The van der Waals surface area contributed by atoms with Gasteiger partial charge in [-0.25, -0.2) is 0 Å². The number of hydrogen-bond donors (Lipinski definition) is 2. The fourth-order valence-electron chi connectivity index (χ4n) is 4.38. The number of carboxylic acid groups (broad SMARTS) is 1. The Morgan fingerprint density at radius 2 is 1.64 bits per heavy atom. The van der Waals surface area contributed by atoms with E-state index in [2.05, 4.69) is 0 Å². The standard InChI is InChI=1S/C24H17NO8/c26-19(5-6-20(27)28)25-9-15-14(24(25)29)7-12-2-4-17-23(33-11-31-17)22(12)21(15)13-1-3-16-18(8-13)32-10-30-16/h1-4,7-9,29H,5-6,10-11H2,(H,27,28). The van der Waals surface area contributed by atoms with Crippen LogP contribution in [0.1, 0.15) is 17.6 Å². The lowest BCUT2D eigenvalue weighted by molar-refractivity contribution is -0.137. The van der Waals surface area contributed by atoms with Crippen molar-refractivity contribution in [1.29, 1.82) is 0 Å². The number of ether oxygens (including phenoxy) is 4. The molecule has 0 fully saturated rings. The highest BCUT2D eigenvalue weighted by Crippen LogP contribution is 2.49. The summed E-state index contributed by atoms with van der Waals surface area (Å²) < 4.78 is 23.4. The van der Waals surface area contributed by atoms with Gasteiger partial charge in [-0.1, -0.05) is 12.1 Å². The lowest BCUT2D eigenvalue weighted by Gasteiger charge is -2.12. The molecule has 0 amide bonds. The van der Waals surface area contributed by atoms with Crippen LogP contribution in [-0.4, -0.2) is 40.2 Å². The van der Waals surface area contributed by atoms with Crippen molar-refractivity contribution < 1.29 is 38.7 Å². The normalized spacial score (nSPS) is 13.7. The van der Waals surface area contributed by atoms with Crippen LogP contribution in [0.4, 0.5) is 0 Å². The van der Waals surface area contributed by atoms with Crippen molar-refractivity contribution >= 4 is 33.4 Å². The maximum atomic E-state index is 12.7. The van der Waals surface area contributed by atoms with E-state index in [4.69, 9.17) is 24.1 Å². The van der Waals surface area contributed by atoms with E-state index >= 15 is 0 Å². The highest BCUT2D eigenvalue weighted by Gasteiger charge is 2.26. The van der Waals surface area contributed by atoms with Gasteiger partial charge in [0.15, 0.2) is 23.0 Å². The predicted molar refractivity (Wildman–Crippen MR) is 116 cm³/mol. The van der Waals surface area contributed by atoms with Crippen LogP contribution >= 0.6 is 0 Å². The van der Waals surface area contributed by atoms with Gasteiger partial charge in [-0.15, -0.1) is 0 Å². The van der Waals surface area contributed by atoms with E-state index in [1.54, 1.807) is 18.2 Å². The van der Waals surface area contributed by atoms with Crippen molar-refractivity contribution in [2.75, 3.05) is 13.6 Å². The number of aromatic nitrogens is 1. The minimum atomic E-state index is -1.08. The molecule has 3 heterocycles. The number of aliphatic carboxylic acids is 1. The van der Waals surface area contributed by atoms with Crippen LogP contribution in [0.15, 0.2) is 42.6 Å². The van der Waals surface area contributed by atoms with Crippen molar-refractivity contribution in [3.8, 4) is 40.0 Å². The zero-order chi connectivity index (χ0) is 22.7. The zero-order valence-electron chi connectivity index (χ0n) is 17.2. The monoisotopic (exact) mass is 447 g/mol. The first kappa shape index (κ1) is 19.3. The lowest BCUT2D eigenvalue weighted by Crippen LogP contribution is -2.10. The number of carbonyl (C=O) groups is 2. The van der Waals surface area contributed by atoms with Crippen LogP contribution in [-0.2, 0) is 4.79 Å². The lowest BCUT2D eigenvalue weighted by atomic mass is 9.93. The maximum absolute atomic E-state index is 12.7. The molecular weight excluding hydrogens is 430 g/mol. The third kappa shape index (κ3) is 2.93. The summed E-state index contributed by atoms with van der Waals surface area (Å²) >= 11 is 0. The molecule has 4 aromatic rings. The third-order valence-corrected chi connectivity index (χ3v) is 5.89. The molecule has 0 saturated carbocycles. The Morgan fingerprint density at radius 3 is 2.48 bits per heavy atom. The van der Waals surface area contributed by atoms with E-state index in [1.807, 2.05) is 18.2 Å². The van der Waals surface area contributed by atoms with Gasteiger partial charge in [0.2, 0.25) is 25.4 Å². The van der Waals surface area contributed by atoms with E-state index in [0.29, 0.717) is 33.8 Å². The molecule has 9 heteroatoms. The summed E-state index contributed by atoms with van der Waals surface area (Å²) in [5.41, 5.74) is 1.50. The van der Waals surface area contributed by atoms with Gasteiger partial charge in [0.25, 0.3) is 0 Å². The number of nitrogens with zero attached hydrogens (tertiary/aromatic N) is 1. The van der Waals surface area contributed by atoms with E-state index in [-0.39, 0.29) is 32.3 Å². The Balaban J connectivity index is 1.65. The average Bonchev–Trinajstić information content (AvgIpc) is 3.54. The second-order valence-electron chi connectivity index (χ2n) is 7.79. The topological polar surface area (TPSA) is 116 Å². The molecule has 2 N–H and O–H groups in total. The number of rotatable bonds is 4. The summed E-state index contributed by atoms with van der Waals surface area (Å²) in [7, 11) is 0. The maximum Gasteiger partial charge on any atom is 0.303 e. The molecule has 0 aliphatic carbocycles. The van der Waals surface area contributed by atoms with Crippen LogP contribution in [0, 0.1) is 0 Å². The molecule has 6 rings (SSSR count). The molecule has 33 heavy (non-hydrogen) atoms. The second kappa shape index (κ2) is 7.06. The minimum absolute atomic E-state index is 0.0903. The van der Waals surface area contributed by atoms with Gasteiger partial charge >= 0.3 is 5.97 Å².